The molecule has 1 rings (SSSR count). The largest absolute Gasteiger partial charge is 0.307 e. The summed E-state index contributed by atoms with van der Waals surface area (Å²) in [6.07, 6.45) is 1.24. The summed E-state index contributed by atoms with van der Waals surface area (Å²) in [4.78, 5) is 0. The van der Waals surface area contributed by atoms with Gasteiger partial charge in [0.1, 0.15) is 0 Å². The monoisotopic (exact) mass is 186 g/mol. The molecule has 2 N–H and O–H groups in total. The van der Waals surface area contributed by atoms with Crippen molar-refractivity contribution in [2.75, 3.05) is 11.0 Å². The Morgan fingerprint density at radius 3 is 2.25 bits per heavy atom. The minimum atomic E-state index is -2.89. The number of aryl methyl sites for hydroxylation is 1. The molecule has 3 nitrogen and oxygen atoms in total. The average molecular weight is 186 g/mol. The van der Waals surface area contributed by atoms with Crippen LogP contribution in [-0.2, 0) is 14.6 Å². The van der Waals surface area contributed by atoms with Gasteiger partial charge in [-0.25, -0.2) is 0 Å². The van der Waals surface area contributed by atoms with Crippen molar-refractivity contribution in [3.05, 3.63) is 29.8 Å². The summed E-state index contributed by atoms with van der Waals surface area (Å²) in [5.74, 6) is 0. The number of hydrogen-bond acceptors (Lipinski definition) is 1. The lowest BCUT2D eigenvalue weighted by Crippen LogP contribution is -2.17. The molecule has 0 aromatic heterocycles. The highest BCUT2D eigenvalue weighted by Crippen LogP contribution is 2.11. The van der Waals surface area contributed by atoms with Gasteiger partial charge in [0, 0.05) is 0 Å². The number of rotatable bonds is 2. The second-order valence-corrected chi connectivity index (χ2v) is 4.58. The SMILES string of the molecule is Cc1ccc(N[S+](C)(=O)O)cc1. The standard InChI is InChI=1S/C8H11NO2S/c1-7-3-5-8(6-4-7)9-12(2,10)11/h3-6H,1-2H3,(H-,9,10,11)/p+1. The van der Waals surface area contributed by atoms with E-state index in [1.54, 1.807) is 12.1 Å². The quantitative estimate of drug-likeness (QED) is 0.693. The van der Waals surface area contributed by atoms with Crippen molar-refractivity contribution in [2.24, 2.45) is 0 Å². The maximum Gasteiger partial charge on any atom is 0.307 e. The molecule has 12 heavy (non-hydrogen) atoms. The first-order valence-electron chi connectivity index (χ1n) is 3.53. The molecule has 0 heterocycles. The van der Waals surface area contributed by atoms with Crippen LogP contribution in [0.1, 0.15) is 5.56 Å². The average Bonchev–Trinajstić information content (AvgIpc) is 1.91. The van der Waals surface area contributed by atoms with Crippen molar-refractivity contribution < 1.29 is 8.76 Å². The second kappa shape index (κ2) is 3.25. The highest BCUT2D eigenvalue weighted by Gasteiger charge is 2.14. The molecular formula is C8H12NO2S+. The second-order valence-electron chi connectivity index (χ2n) is 2.77. The molecule has 1 unspecified atom stereocenters. The van der Waals surface area contributed by atoms with Gasteiger partial charge < -0.3 is 0 Å². The Kier molecular flexibility index (Phi) is 2.49. The molecular weight excluding hydrogens is 174 g/mol. The van der Waals surface area contributed by atoms with Crippen molar-refractivity contribution >= 4 is 16.1 Å². The van der Waals surface area contributed by atoms with Crippen molar-refractivity contribution in [3.8, 4) is 0 Å². The van der Waals surface area contributed by atoms with E-state index in [1.807, 2.05) is 19.1 Å². The van der Waals surface area contributed by atoms with Crippen molar-refractivity contribution in [1.82, 2.24) is 0 Å². The lowest BCUT2D eigenvalue weighted by molar-refractivity contribution is 0.509. The molecule has 0 aliphatic carbocycles. The molecule has 0 saturated heterocycles. The molecule has 0 aliphatic rings. The van der Waals surface area contributed by atoms with Gasteiger partial charge in [0.15, 0.2) is 6.26 Å². The molecule has 0 saturated carbocycles. The maximum absolute atomic E-state index is 10.9. The normalized spacial score (nSPS) is 15.2. The Bertz CT molecular complexity index is 301. The van der Waals surface area contributed by atoms with Crippen LogP contribution in [0.25, 0.3) is 0 Å². The van der Waals surface area contributed by atoms with E-state index >= 15 is 0 Å². The first-order chi connectivity index (χ1) is 5.47. The van der Waals surface area contributed by atoms with E-state index in [-0.39, 0.29) is 0 Å². The van der Waals surface area contributed by atoms with Gasteiger partial charge in [-0.2, -0.15) is 9.27 Å². The van der Waals surface area contributed by atoms with Crippen LogP contribution >= 0.6 is 0 Å². The van der Waals surface area contributed by atoms with E-state index in [1.165, 1.54) is 6.26 Å². The Balaban J connectivity index is 2.78. The van der Waals surface area contributed by atoms with Gasteiger partial charge in [-0.1, -0.05) is 17.7 Å². The van der Waals surface area contributed by atoms with Crippen molar-refractivity contribution in [2.45, 2.75) is 6.92 Å². The van der Waals surface area contributed by atoms with Crippen LogP contribution in [0, 0.1) is 6.92 Å². The smallest absolute Gasteiger partial charge is 0.179 e. The van der Waals surface area contributed by atoms with Crippen LogP contribution in [0.15, 0.2) is 24.3 Å². The van der Waals surface area contributed by atoms with Gasteiger partial charge in [-0.3, -0.25) is 0 Å². The predicted octanol–water partition coefficient (Wildman–Crippen LogP) is 1.92. The van der Waals surface area contributed by atoms with Gasteiger partial charge >= 0.3 is 10.4 Å². The molecule has 1 aromatic carbocycles. The van der Waals surface area contributed by atoms with Gasteiger partial charge in [0.25, 0.3) is 0 Å². The molecule has 66 valence electrons. The van der Waals surface area contributed by atoms with E-state index < -0.39 is 10.4 Å². The zero-order chi connectivity index (χ0) is 9.19. The summed E-state index contributed by atoms with van der Waals surface area (Å²) in [6, 6.07) is 7.31. The maximum atomic E-state index is 10.9. The lowest BCUT2D eigenvalue weighted by Gasteiger charge is -2.01. The number of benzene rings is 1. The topological polar surface area (TPSA) is 49.3 Å². The van der Waals surface area contributed by atoms with Crippen LogP contribution in [0.5, 0.6) is 0 Å². The number of nitrogens with one attached hydrogen (secondary N) is 1. The Hall–Kier alpha value is -0.870. The first kappa shape index (κ1) is 9.22. The molecule has 0 fully saturated rings. The molecule has 4 heteroatoms. The van der Waals surface area contributed by atoms with E-state index in [0.29, 0.717) is 5.69 Å². The van der Waals surface area contributed by atoms with Gasteiger partial charge in [0.2, 0.25) is 0 Å². The lowest BCUT2D eigenvalue weighted by atomic mass is 10.2. The van der Waals surface area contributed by atoms with Gasteiger partial charge in [0.05, 0.1) is 5.69 Å². The fourth-order valence-electron chi connectivity index (χ4n) is 0.840. The highest BCUT2D eigenvalue weighted by molar-refractivity contribution is 7.98. The van der Waals surface area contributed by atoms with E-state index in [2.05, 4.69) is 4.72 Å². The fourth-order valence-corrected chi connectivity index (χ4v) is 1.41. The summed E-state index contributed by atoms with van der Waals surface area (Å²) in [7, 11) is -2.89. The van der Waals surface area contributed by atoms with Gasteiger partial charge in [-0.15, -0.1) is 0 Å². The summed E-state index contributed by atoms with van der Waals surface area (Å²) in [6.45, 7) is 1.96. The number of anilines is 1. The van der Waals surface area contributed by atoms with Crippen LogP contribution in [0.4, 0.5) is 5.69 Å². The molecule has 0 bridgehead atoms. The van der Waals surface area contributed by atoms with E-state index in [4.69, 9.17) is 4.55 Å². The van der Waals surface area contributed by atoms with Crippen LogP contribution in [0.3, 0.4) is 0 Å². The third-order valence-electron chi connectivity index (χ3n) is 1.36. The van der Waals surface area contributed by atoms with Crippen LogP contribution in [-0.4, -0.2) is 10.8 Å². The molecule has 0 aliphatic heterocycles. The molecule has 1 atom stereocenters. The van der Waals surface area contributed by atoms with Gasteiger partial charge in [-0.05, 0) is 23.3 Å². The third-order valence-corrected chi connectivity index (χ3v) is 1.97. The van der Waals surface area contributed by atoms with Crippen molar-refractivity contribution in [1.29, 1.82) is 0 Å². The Morgan fingerprint density at radius 2 is 1.83 bits per heavy atom. The van der Waals surface area contributed by atoms with Crippen LogP contribution < -0.4 is 4.72 Å². The summed E-state index contributed by atoms with van der Waals surface area (Å²) in [5, 5.41) is 0. The first-order valence-corrected chi connectivity index (χ1v) is 5.46. The summed E-state index contributed by atoms with van der Waals surface area (Å²) >= 11 is 0. The summed E-state index contributed by atoms with van der Waals surface area (Å²) in [5.41, 5.74) is 1.79. The van der Waals surface area contributed by atoms with E-state index in [9.17, 15) is 4.21 Å². The predicted molar refractivity (Wildman–Crippen MR) is 51.4 cm³/mol. The minimum Gasteiger partial charge on any atom is -0.179 e. The third kappa shape index (κ3) is 3.02. The zero-order valence-corrected chi connectivity index (χ0v) is 7.89. The minimum absolute atomic E-state index is 0.663. The molecule has 1 aromatic rings. The molecule has 0 amide bonds. The Morgan fingerprint density at radius 1 is 1.33 bits per heavy atom. The van der Waals surface area contributed by atoms with Crippen molar-refractivity contribution in [3.63, 3.8) is 0 Å². The molecule has 0 spiro atoms. The van der Waals surface area contributed by atoms with E-state index in [0.717, 1.165) is 5.56 Å². The zero-order valence-electron chi connectivity index (χ0n) is 7.07. The fraction of sp³-hybridized carbons (Fsp3) is 0.250. The number of hydrogen-bond donors (Lipinski definition) is 2. The highest BCUT2D eigenvalue weighted by atomic mass is 32.3. The molecule has 0 radical (unpaired) electrons. The summed E-state index contributed by atoms with van der Waals surface area (Å²) < 4.78 is 22.3. The van der Waals surface area contributed by atoms with Crippen LogP contribution in [0.2, 0.25) is 0 Å². The Labute approximate surface area is 73.2 Å².